The highest BCUT2D eigenvalue weighted by molar-refractivity contribution is 6.83. The van der Waals surface area contributed by atoms with E-state index < -0.39 is 8.07 Å². The molecule has 0 N–H and O–H groups in total. The second-order valence-corrected chi connectivity index (χ2v) is 14.1. The van der Waals surface area contributed by atoms with Crippen LogP contribution < -0.4 is 0 Å². The van der Waals surface area contributed by atoms with Crippen LogP contribution in [0.1, 0.15) is 66.2 Å². The molecule has 2 nitrogen and oxygen atoms in total. The Balaban J connectivity index is 2.75. The zero-order valence-corrected chi connectivity index (χ0v) is 18.3. The largest absolute Gasteiger partial charge is 0.426 e. The molecular weight excluding hydrogens is 324 g/mol. The van der Waals surface area contributed by atoms with E-state index in [2.05, 4.69) is 57.6 Å². The number of unbranched alkanes of at least 4 members (excludes halogenated alkanes) is 1. The lowest BCUT2D eigenvalue weighted by Gasteiger charge is -2.38. The first-order chi connectivity index (χ1) is 11.5. The topological polar surface area (TPSA) is 26.3 Å². The van der Waals surface area contributed by atoms with Crippen LogP contribution in [0.25, 0.3) is 0 Å². The van der Waals surface area contributed by atoms with E-state index in [0.29, 0.717) is 11.3 Å². The summed E-state index contributed by atoms with van der Waals surface area (Å²) in [7, 11) is -1.26. The molecule has 140 valence electrons. The highest BCUT2D eigenvalue weighted by Crippen LogP contribution is 2.43. The van der Waals surface area contributed by atoms with E-state index in [4.69, 9.17) is 4.74 Å². The summed E-state index contributed by atoms with van der Waals surface area (Å²) in [6.07, 6.45) is 8.20. The standard InChI is InChI=1S/C22H36O2Si/c1-18(23)24-15-14-19-12-13-21(22(2,3)4)17-20(19)11-9-8-10-16-25(5,6)7/h15,20-21H,8-9,11-13,17H2,1-7H3/t14?,20-,21-/m0/s1. The predicted molar refractivity (Wildman–Crippen MR) is 109 cm³/mol. The molecule has 25 heavy (non-hydrogen) atoms. The van der Waals surface area contributed by atoms with E-state index in [9.17, 15) is 4.79 Å². The summed E-state index contributed by atoms with van der Waals surface area (Å²) in [4.78, 5) is 11.0. The Kier molecular flexibility index (Phi) is 8.25. The lowest BCUT2D eigenvalue weighted by molar-refractivity contribution is -0.135. The number of carbonyl (C=O) groups is 1. The highest BCUT2D eigenvalue weighted by Gasteiger charge is 2.32. The average molecular weight is 361 g/mol. The molecule has 0 aromatic heterocycles. The summed E-state index contributed by atoms with van der Waals surface area (Å²) in [6, 6.07) is 0. The minimum atomic E-state index is -1.26. The van der Waals surface area contributed by atoms with Crippen LogP contribution in [-0.4, -0.2) is 14.0 Å². The molecule has 0 saturated heterocycles. The van der Waals surface area contributed by atoms with E-state index in [1.54, 1.807) is 0 Å². The molecule has 0 aromatic carbocycles. The molecule has 0 aromatic rings. The molecule has 1 aliphatic carbocycles. The van der Waals surface area contributed by atoms with E-state index in [1.807, 2.05) is 0 Å². The summed E-state index contributed by atoms with van der Waals surface area (Å²) >= 11 is 0. The van der Waals surface area contributed by atoms with E-state index in [0.717, 1.165) is 31.6 Å². The number of carbonyl (C=O) groups excluding carboxylic acids is 1. The number of hydrogen-bond donors (Lipinski definition) is 0. The van der Waals surface area contributed by atoms with Crippen LogP contribution in [0.15, 0.2) is 17.6 Å². The van der Waals surface area contributed by atoms with Crippen molar-refractivity contribution in [3.05, 3.63) is 17.6 Å². The highest BCUT2D eigenvalue weighted by atomic mass is 28.3. The molecule has 2 atom stereocenters. The van der Waals surface area contributed by atoms with Crippen molar-refractivity contribution in [2.75, 3.05) is 0 Å². The van der Waals surface area contributed by atoms with Gasteiger partial charge in [0.05, 0.1) is 0 Å². The van der Waals surface area contributed by atoms with Gasteiger partial charge in [0.15, 0.2) is 0 Å². The molecule has 1 aliphatic rings. The summed E-state index contributed by atoms with van der Waals surface area (Å²) in [5, 5.41) is 0. The van der Waals surface area contributed by atoms with Crippen molar-refractivity contribution in [3.8, 4) is 11.5 Å². The van der Waals surface area contributed by atoms with Crippen molar-refractivity contribution < 1.29 is 9.53 Å². The van der Waals surface area contributed by atoms with Crippen molar-refractivity contribution in [1.82, 2.24) is 0 Å². The molecule has 0 unspecified atom stereocenters. The predicted octanol–water partition coefficient (Wildman–Crippen LogP) is 6.10. The first kappa shape index (κ1) is 21.8. The zero-order chi connectivity index (χ0) is 19.1. The fraction of sp³-hybridized carbons (Fsp3) is 0.727. The summed E-state index contributed by atoms with van der Waals surface area (Å²) in [6.45, 7) is 15.3. The van der Waals surface area contributed by atoms with Crippen molar-refractivity contribution in [3.63, 3.8) is 0 Å². The molecule has 0 amide bonds. The van der Waals surface area contributed by atoms with Gasteiger partial charge in [-0.05, 0) is 54.9 Å². The number of ether oxygens (including phenoxy) is 1. The van der Waals surface area contributed by atoms with Gasteiger partial charge >= 0.3 is 5.97 Å². The van der Waals surface area contributed by atoms with Gasteiger partial charge in [-0.2, -0.15) is 0 Å². The molecule has 1 rings (SSSR count). The smallest absolute Gasteiger partial charge is 0.308 e. The zero-order valence-electron chi connectivity index (χ0n) is 17.3. The van der Waals surface area contributed by atoms with Crippen molar-refractivity contribution >= 4 is 14.0 Å². The minimum absolute atomic E-state index is 0.283. The molecule has 0 spiro atoms. The van der Waals surface area contributed by atoms with Crippen LogP contribution in [0, 0.1) is 28.7 Å². The molecule has 3 heteroatoms. The van der Waals surface area contributed by atoms with Gasteiger partial charge < -0.3 is 4.74 Å². The van der Waals surface area contributed by atoms with Crippen molar-refractivity contribution in [2.45, 2.75) is 85.9 Å². The van der Waals surface area contributed by atoms with Gasteiger partial charge in [0, 0.05) is 13.3 Å². The molecule has 0 heterocycles. The first-order valence-electron chi connectivity index (χ1n) is 9.60. The van der Waals surface area contributed by atoms with Crippen LogP contribution in [0.4, 0.5) is 0 Å². The van der Waals surface area contributed by atoms with E-state index in [-0.39, 0.29) is 5.97 Å². The fourth-order valence-corrected chi connectivity index (χ4v) is 4.01. The Morgan fingerprint density at radius 3 is 2.56 bits per heavy atom. The SMILES string of the molecule is CC(=O)OC=C=C1CC[C@H](C(C)(C)C)C[C@@H]1CCCC#C[Si](C)(C)C. The van der Waals surface area contributed by atoms with Gasteiger partial charge in [0.1, 0.15) is 14.3 Å². The Hall–Kier alpha value is -1.23. The fourth-order valence-electron chi connectivity index (χ4n) is 3.36. The average Bonchev–Trinajstić information content (AvgIpc) is 2.45. The van der Waals surface area contributed by atoms with Gasteiger partial charge in [-0.25, -0.2) is 0 Å². The number of allylic oxidation sites excluding steroid dienone is 1. The Morgan fingerprint density at radius 2 is 2.00 bits per heavy atom. The maximum atomic E-state index is 11.0. The molecule has 0 aliphatic heterocycles. The lowest BCUT2D eigenvalue weighted by Crippen LogP contribution is -2.28. The van der Waals surface area contributed by atoms with Crippen LogP contribution in [0.2, 0.25) is 19.6 Å². The maximum absolute atomic E-state index is 11.0. The lowest BCUT2D eigenvalue weighted by atomic mass is 9.67. The second-order valence-electron chi connectivity index (χ2n) is 9.38. The third-order valence-corrected chi connectivity index (χ3v) is 5.76. The molecule has 0 radical (unpaired) electrons. The Bertz CT molecular complexity index is 572. The van der Waals surface area contributed by atoms with Gasteiger partial charge in [-0.1, -0.05) is 46.1 Å². The summed E-state index contributed by atoms with van der Waals surface area (Å²) in [5.74, 6) is 4.38. The van der Waals surface area contributed by atoms with E-state index in [1.165, 1.54) is 31.6 Å². The molecule has 0 bridgehead atoms. The molecule has 1 fully saturated rings. The quantitative estimate of drug-likeness (QED) is 0.151. The third kappa shape index (κ3) is 9.14. The Morgan fingerprint density at radius 1 is 1.32 bits per heavy atom. The summed E-state index contributed by atoms with van der Waals surface area (Å²) < 4.78 is 4.95. The molecule has 1 saturated carbocycles. The van der Waals surface area contributed by atoms with Crippen LogP contribution in [0.3, 0.4) is 0 Å². The number of esters is 1. The molecular formula is C22H36O2Si. The second kappa shape index (κ2) is 9.46. The summed E-state index contributed by atoms with van der Waals surface area (Å²) in [5.41, 5.74) is 8.38. The normalized spacial score (nSPS) is 21.0. The van der Waals surface area contributed by atoms with Gasteiger partial charge in [-0.15, -0.1) is 11.5 Å². The number of rotatable bonds is 4. The van der Waals surface area contributed by atoms with Crippen molar-refractivity contribution in [2.24, 2.45) is 17.3 Å². The maximum Gasteiger partial charge on any atom is 0.308 e. The minimum Gasteiger partial charge on any atom is -0.426 e. The Labute approximate surface area is 156 Å². The van der Waals surface area contributed by atoms with Crippen LogP contribution in [-0.2, 0) is 9.53 Å². The monoisotopic (exact) mass is 360 g/mol. The van der Waals surface area contributed by atoms with Crippen LogP contribution in [0.5, 0.6) is 0 Å². The van der Waals surface area contributed by atoms with Gasteiger partial charge in [-0.3, -0.25) is 4.79 Å². The third-order valence-electron chi connectivity index (χ3n) is 4.84. The van der Waals surface area contributed by atoms with Crippen molar-refractivity contribution in [1.29, 1.82) is 0 Å². The number of hydrogen-bond acceptors (Lipinski definition) is 2. The first-order valence-corrected chi connectivity index (χ1v) is 13.1. The van der Waals surface area contributed by atoms with Gasteiger partial charge in [0.25, 0.3) is 0 Å². The van der Waals surface area contributed by atoms with Gasteiger partial charge in [0.2, 0.25) is 0 Å². The van der Waals surface area contributed by atoms with E-state index >= 15 is 0 Å². The van der Waals surface area contributed by atoms with Crippen LogP contribution >= 0.6 is 0 Å².